The predicted octanol–water partition coefficient (Wildman–Crippen LogP) is 3.30. The number of carbonyl (C=O) groups is 3. The summed E-state index contributed by atoms with van der Waals surface area (Å²) >= 11 is 0. The molecular formula is C28H33FN6O3. The van der Waals surface area contributed by atoms with Gasteiger partial charge in [-0.2, -0.15) is 5.10 Å². The van der Waals surface area contributed by atoms with Crippen molar-refractivity contribution in [1.82, 2.24) is 19.7 Å². The molecule has 10 heteroatoms. The van der Waals surface area contributed by atoms with Crippen LogP contribution in [0.4, 0.5) is 16.0 Å². The van der Waals surface area contributed by atoms with Crippen molar-refractivity contribution >= 4 is 29.4 Å². The van der Waals surface area contributed by atoms with Crippen molar-refractivity contribution in [2.75, 3.05) is 17.7 Å². The van der Waals surface area contributed by atoms with Crippen LogP contribution in [0.5, 0.6) is 0 Å². The van der Waals surface area contributed by atoms with E-state index in [4.69, 9.17) is 5.73 Å². The summed E-state index contributed by atoms with van der Waals surface area (Å²) in [6, 6.07) is 9.01. The molecule has 2 N–H and O–H groups in total. The molecule has 0 radical (unpaired) electrons. The van der Waals surface area contributed by atoms with Gasteiger partial charge in [-0.05, 0) is 67.5 Å². The van der Waals surface area contributed by atoms with E-state index >= 15 is 0 Å². The highest BCUT2D eigenvalue weighted by atomic mass is 19.1. The van der Waals surface area contributed by atoms with Gasteiger partial charge in [0.1, 0.15) is 23.5 Å². The number of rotatable bonds is 8. The molecule has 1 fully saturated rings. The molecule has 1 aromatic carbocycles. The molecule has 4 rings (SSSR count). The highest BCUT2D eigenvalue weighted by Crippen LogP contribution is 2.35. The van der Waals surface area contributed by atoms with Gasteiger partial charge in [-0.25, -0.2) is 9.37 Å². The van der Waals surface area contributed by atoms with Gasteiger partial charge in [-0.15, -0.1) is 0 Å². The van der Waals surface area contributed by atoms with Crippen LogP contribution in [-0.4, -0.2) is 50.5 Å². The molecule has 3 amide bonds. The summed E-state index contributed by atoms with van der Waals surface area (Å²) in [5.74, 6) is -1.60. The second-order valence-electron chi connectivity index (χ2n) is 9.93. The smallest absolute Gasteiger partial charge is 0.252 e. The topological polar surface area (TPSA) is 114 Å². The zero-order valence-electron chi connectivity index (χ0n) is 22.3. The molecule has 0 saturated carbocycles. The van der Waals surface area contributed by atoms with Crippen molar-refractivity contribution < 1.29 is 18.8 Å². The molecule has 3 aromatic rings. The van der Waals surface area contributed by atoms with E-state index in [-0.39, 0.29) is 30.5 Å². The Morgan fingerprint density at radius 1 is 1.18 bits per heavy atom. The Kier molecular flexibility index (Phi) is 7.61. The van der Waals surface area contributed by atoms with Crippen molar-refractivity contribution in [2.24, 2.45) is 13.0 Å². The fraction of sp³-hybridized carbons (Fsp3) is 0.393. The second-order valence-corrected chi connectivity index (χ2v) is 9.93. The van der Waals surface area contributed by atoms with Gasteiger partial charge in [0.05, 0.1) is 12.1 Å². The fourth-order valence-corrected chi connectivity index (χ4v) is 5.18. The number of hydrogen-bond acceptors (Lipinski definition) is 6. The average Bonchev–Trinajstić information content (AvgIpc) is 3.30. The molecule has 1 aliphatic rings. The van der Waals surface area contributed by atoms with E-state index < -0.39 is 23.8 Å². The van der Waals surface area contributed by atoms with E-state index in [1.165, 1.54) is 11.0 Å². The first-order valence-electron chi connectivity index (χ1n) is 12.6. The molecule has 1 saturated heterocycles. The van der Waals surface area contributed by atoms with Crippen LogP contribution >= 0.6 is 0 Å². The van der Waals surface area contributed by atoms with Gasteiger partial charge in [0.2, 0.25) is 11.8 Å². The Labute approximate surface area is 221 Å². The summed E-state index contributed by atoms with van der Waals surface area (Å²) < 4.78 is 15.4. The van der Waals surface area contributed by atoms with Gasteiger partial charge in [-0.3, -0.25) is 28.9 Å². The van der Waals surface area contributed by atoms with Crippen LogP contribution in [0.15, 0.2) is 42.6 Å². The molecule has 0 unspecified atom stereocenters. The molecular weight excluding hydrogens is 487 g/mol. The number of pyridine rings is 1. The molecule has 1 aliphatic heterocycles. The van der Waals surface area contributed by atoms with E-state index in [1.54, 1.807) is 63.1 Å². The Morgan fingerprint density at radius 2 is 1.92 bits per heavy atom. The maximum Gasteiger partial charge on any atom is 0.252 e. The number of benzene rings is 1. The minimum atomic E-state index is -0.975. The maximum atomic E-state index is 13.8. The number of imide groups is 1. The number of hydrogen-bond donors (Lipinski definition) is 1. The Bertz CT molecular complexity index is 1370. The van der Waals surface area contributed by atoms with E-state index in [9.17, 15) is 18.8 Å². The van der Waals surface area contributed by atoms with Gasteiger partial charge in [-0.1, -0.05) is 19.1 Å². The molecule has 2 aromatic heterocycles. The number of amides is 3. The lowest BCUT2D eigenvalue weighted by Gasteiger charge is -2.46. The van der Waals surface area contributed by atoms with E-state index in [2.05, 4.69) is 10.1 Å². The average molecular weight is 521 g/mol. The summed E-state index contributed by atoms with van der Waals surface area (Å²) in [4.78, 5) is 47.4. The van der Waals surface area contributed by atoms with Crippen molar-refractivity contribution in [3.8, 4) is 0 Å². The Balaban J connectivity index is 1.62. The summed E-state index contributed by atoms with van der Waals surface area (Å²) in [7, 11) is 3.32. The highest BCUT2D eigenvalue weighted by Gasteiger charge is 2.55. The van der Waals surface area contributed by atoms with E-state index in [0.717, 1.165) is 16.0 Å². The third-order valence-electron chi connectivity index (χ3n) is 7.26. The molecule has 38 heavy (non-hydrogen) atoms. The lowest BCUT2D eigenvalue weighted by Crippen LogP contribution is -2.69. The molecule has 3 heterocycles. The fourth-order valence-electron chi connectivity index (χ4n) is 5.18. The monoisotopic (exact) mass is 520 g/mol. The zero-order chi connectivity index (χ0) is 27.7. The molecule has 3 atom stereocenters. The number of nitrogens with two attached hydrogens (primary N) is 1. The number of β-lactam (4-membered cyclic amide) rings is 1. The van der Waals surface area contributed by atoms with Crippen LogP contribution in [-0.2, 0) is 27.9 Å². The third kappa shape index (κ3) is 5.16. The van der Waals surface area contributed by atoms with Crippen LogP contribution in [0.25, 0.3) is 0 Å². The van der Waals surface area contributed by atoms with Gasteiger partial charge in [0.15, 0.2) is 0 Å². The number of aromatic nitrogens is 3. The van der Waals surface area contributed by atoms with E-state index in [1.807, 2.05) is 13.0 Å². The first-order chi connectivity index (χ1) is 18.0. The second kappa shape index (κ2) is 10.7. The normalized spacial score (nSPS) is 17.7. The van der Waals surface area contributed by atoms with Gasteiger partial charge in [0.25, 0.3) is 5.91 Å². The minimum absolute atomic E-state index is 0.0283. The quantitative estimate of drug-likeness (QED) is 0.456. The Hall–Kier alpha value is -4.08. The van der Waals surface area contributed by atoms with Gasteiger partial charge >= 0.3 is 0 Å². The summed E-state index contributed by atoms with van der Waals surface area (Å²) in [6.07, 6.45) is 2.47. The van der Waals surface area contributed by atoms with Crippen LogP contribution in [0.1, 0.15) is 48.1 Å². The molecule has 9 nitrogen and oxygen atoms in total. The number of aryl methyl sites for hydroxylation is 3. The highest BCUT2D eigenvalue weighted by molar-refractivity contribution is 6.12. The van der Waals surface area contributed by atoms with Crippen LogP contribution in [0, 0.1) is 25.6 Å². The number of nitrogens with zero attached hydrogens (tertiary/aromatic N) is 5. The summed E-state index contributed by atoms with van der Waals surface area (Å²) in [6.45, 7) is 5.42. The number of nitrogen functional groups attached to an aromatic ring is 1. The summed E-state index contributed by atoms with van der Waals surface area (Å²) in [5.41, 5.74) is 8.69. The molecule has 200 valence electrons. The van der Waals surface area contributed by atoms with Crippen LogP contribution < -0.4 is 10.6 Å². The standard InChI is InChI=1S/C28H33FN6O3/c1-6-19(20-7-8-22(29)16(2)11-20)15-25(36)35-26(28(38)33(4)24-9-10-31-34(24)5)21(27(35)37)13-18-12-17(3)32-23(30)14-18/h7-12,14,19,21,26H,6,13,15H2,1-5H3,(H2,30,32)/t19-,21+,26-/m0/s1. The first kappa shape index (κ1) is 27.0. The molecule has 0 aliphatic carbocycles. The van der Waals surface area contributed by atoms with Gasteiger partial charge < -0.3 is 5.73 Å². The maximum absolute atomic E-state index is 13.8. The van der Waals surface area contributed by atoms with E-state index in [0.29, 0.717) is 29.3 Å². The SMILES string of the molecule is CC[C@@H](CC(=O)N1C(=O)[C@H](Cc2cc(C)nc(N)c2)[C@H]1C(=O)N(C)c1ccnn1C)c1ccc(F)c(C)c1. The van der Waals surface area contributed by atoms with Crippen LogP contribution in [0.2, 0.25) is 0 Å². The number of likely N-dealkylation sites (tertiary alicyclic amines) is 1. The summed E-state index contributed by atoms with van der Waals surface area (Å²) in [5, 5.41) is 4.12. The third-order valence-corrected chi connectivity index (χ3v) is 7.26. The van der Waals surface area contributed by atoms with Crippen molar-refractivity contribution in [1.29, 1.82) is 0 Å². The van der Waals surface area contributed by atoms with Crippen molar-refractivity contribution in [2.45, 2.75) is 52.0 Å². The molecule has 0 bridgehead atoms. The van der Waals surface area contributed by atoms with Crippen molar-refractivity contribution in [3.63, 3.8) is 0 Å². The number of anilines is 2. The van der Waals surface area contributed by atoms with Crippen molar-refractivity contribution in [3.05, 3.63) is 70.8 Å². The number of halogens is 1. The number of likely N-dealkylation sites (N-methyl/N-ethyl adjacent to an activating group) is 1. The lowest BCUT2D eigenvalue weighted by atomic mass is 9.80. The largest absolute Gasteiger partial charge is 0.384 e. The number of carbonyl (C=O) groups excluding carboxylic acids is 3. The first-order valence-corrected chi connectivity index (χ1v) is 12.6. The predicted molar refractivity (Wildman–Crippen MR) is 142 cm³/mol. The van der Waals surface area contributed by atoms with Gasteiger partial charge in [0, 0.05) is 32.3 Å². The van der Waals surface area contributed by atoms with Crippen LogP contribution in [0.3, 0.4) is 0 Å². The lowest BCUT2D eigenvalue weighted by molar-refractivity contribution is -0.170. The zero-order valence-corrected chi connectivity index (χ0v) is 22.3. The minimum Gasteiger partial charge on any atom is -0.384 e. The Morgan fingerprint density at radius 3 is 2.53 bits per heavy atom. The molecule has 0 spiro atoms.